The van der Waals surface area contributed by atoms with Crippen molar-refractivity contribution in [3.8, 4) is 11.5 Å². The first-order valence-electron chi connectivity index (χ1n) is 7.90. The minimum absolute atomic E-state index is 0.243. The predicted octanol–water partition coefficient (Wildman–Crippen LogP) is 3.45. The summed E-state index contributed by atoms with van der Waals surface area (Å²) in [5.74, 6) is 1.88. The molecule has 0 aromatic heterocycles. The van der Waals surface area contributed by atoms with E-state index >= 15 is 0 Å². The Labute approximate surface area is 131 Å². The van der Waals surface area contributed by atoms with E-state index < -0.39 is 0 Å². The van der Waals surface area contributed by atoms with Crippen LogP contribution in [0.25, 0.3) is 0 Å². The van der Waals surface area contributed by atoms with E-state index in [2.05, 4.69) is 23.5 Å². The predicted molar refractivity (Wildman–Crippen MR) is 86.6 cm³/mol. The number of fused-ring (bicyclic) bond motifs is 2. The van der Waals surface area contributed by atoms with Gasteiger partial charge in [-0.1, -0.05) is 24.3 Å². The Balaban J connectivity index is 1.58. The van der Waals surface area contributed by atoms with E-state index in [-0.39, 0.29) is 6.04 Å². The first kappa shape index (κ1) is 13.6. The van der Waals surface area contributed by atoms with Crippen LogP contribution in [-0.2, 0) is 5.41 Å². The molecule has 114 valence electrons. The molecule has 4 rings (SSSR count). The van der Waals surface area contributed by atoms with E-state index in [1.54, 1.807) is 7.11 Å². The average Bonchev–Trinajstić information content (AvgIpc) is 3.36. The molecule has 1 aliphatic carbocycles. The van der Waals surface area contributed by atoms with Crippen molar-refractivity contribution in [1.82, 2.24) is 5.32 Å². The lowest BCUT2D eigenvalue weighted by Gasteiger charge is -2.33. The molecule has 0 bridgehead atoms. The van der Waals surface area contributed by atoms with Crippen LogP contribution in [0.2, 0.25) is 0 Å². The van der Waals surface area contributed by atoms with Gasteiger partial charge in [0.05, 0.1) is 13.2 Å². The van der Waals surface area contributed by atoms with Gasteiger partial charge in [0, 0.05) is 12.0 Å². The molecule has 22 heavy (non-hydrogen) atoms. The highest BCUT2D eigenvalue weighted by Crippen LogP contribution is 2.52. The molecule has 0 amide bonds. The van der Waals surface area contributed by atoms with Crippen molar-refractivity contribution in [2.24, 2.45) is 0 Å². The molecule has 1 fully saturated rings. The quantitative estimate of drug-likeness (QED) is 0.937. The smallest absolute Gasteiger partial charge is 0.119 e. The van der Waals surface area contributed by atoms with Gasteiger partial charge in [0.15, 0.2) is 0 Å². The fraction of sp³-hybridized carbons (Fsp3) is 0.368. The van der Waals surface area contributed by atoms with Gasteiger partial charge in [0.2, 0.25) is 0 Å². The van der Waals surface area contributed by atoms with E-state index in [9.17, 15) is 0 Å². The van der Waals surface area contributed by atoms with Gasteiger partial charge in [-0.2, -0.15) is 0 Å². The van der Waals surface area contributed by atoms with Crippen molar-refractivity contribution in [2.45, 2.75) is 24.3 Å². The summed E-state index contributed by atoms with van der Waals surface area (Å²) in [6, 6.07) is 16.7. The van der Waals surface area contributed by atoms with Crippen molar-refractivity contribution >= 4 is 0 Å². The lowest BCUT2D eigenvalue weighted by atomic mass is 9.84. The van der Waals surface area contributed by atoms with Crippen LogP contribution < -0.4 is 14.8 Å². The Bertz CT molecular complexity index is 664. The van der Waals surface area contributed by atoms with Gasteiger partial charge in [-0.15, -0.1) is 0 Å². The number of rotatable bonds is 4. The minimum atomic E-state index is 0.243. The van der Waals surface area contributed by atoms with Crippen LogP contribution in [-0.4, -0.2) is 20.3 Å². The number of methoxy groups -OCH3 is 1. The minimum Gasteiger partial charge on any atom is -0.497 e. The molecular formula is C19H21NO2. The van der Waals surface area contributed by atoms with Crippen molar-refractivity contribution in [1.29, 1.82) is 0 Å². The average molecular weight is 295 g/mol. The molecule has 1 unspecified atom stereocenters. The van der Waals surface area contributed by atoms with Crippen LogP contribution in [0, 0.1) is 0 Å². The maximum absolute atomic E-state index is 5.95. The summed E-state index contributed by atoms with van der Waals surface area (Å²) in [6.45, 7) is 1.69. The topological polar surface area (TPSA) is 30.5 Å². The van der Waals surface area contributed by atoms with Gasteiger partial charge in [-0.05, 0) is 48.2 Å². The number of benzene rings is 2. The van der Waals surface area contributed by atoms with E-state index in [0.29, 0.717) is 12.0 Å². The summed E-state index contributed by atoms with van der Waals surface area (Å²) >= 11 is 0. The molecule has 1 saturated carbocycles. The fourth-order valence-electron chi connectivity index (χ4n) is 3.39. The normalized spacial score (nSPS) is 21.2. The fourth-order valence-corrected chi connectivity index (χ4v) is 3.39. The molecule has 0 saturated heterocycles. The standard InChI is InChI=1S/C19H21NO2/c1-21-15-7-8-16-17(11-15)19(9-10-19)13-20-18(16)12-22-14-5-3-2-4-6-14/h2-8,11,18,20H,9-10,12-13H2,1H3. The van der Waals surface area contributed by atoms with Crippen LogP contribution in [0.3, 0.4) is 0 Å². The maximum Gasteiger partial charge on any atom is 0.119 e. The third-order valence-electron chi connectivity index (χ3n) is 4.91. The zero-order valence-electron chi connectivity index (χ0n) is 12.8. The SMILES string of the molecule is COc1ccc2c(c1)C1(CC1)CNC2COc1ccccc1. The lowest BCUT2D eigenvalue weighted by molar-refractivity contribution is 0.253. The number of nitrogens with one attached hydrogen (secondary N) is 1. The second-order valence-electron chi connectivity index (χ2n) is 6.29. The Morgan fingerprint density at radius 2 is 1.91 bits per heavy atom. The van der Waals surface area contributed by atoms with E-state index in [0.717, 1.165) is 18.0 Å². The monoisotopic (exact) mass is 295 g/mol. The molecule has 3 nitrogen and oxygen atoms in total. The molecule has 1 atom stereocenters. The summed E-state index contributed by atoms with van der Waals surface area (Å²) in [7, 11) is 1.73. The molecule has 1 spiro atoms. The highest BCUT2D eigenvalue weighted by molar-refractivity contribution is 5.47. The van der Waals surface area contributed by atoms with Crippen molar-refractivity contribution in [2.75, 3.05) is 20.3 Å². The van der Waals surface area contributed by atoms with Gasteiger partial charge in [0.1, 0.15) is 18.1 Å². The second kappa shape index (κ2) is 5.33. The number of hydrogen-bond donors (Lipinski definition) is 1. The molecule has 2 aromatic carbocycles. The first-order chi connectivity index (χ1) is 10.8. The van der Waals surface area contributed by atoms with Crippen LogP contribution in [0.15, 0.2) is 48.5 Å². The third kappa shape index (κ3) is 2.35. The zero-order chi connectivity index (χ0) is 15.0. The van der Waals surface area contributed by atoms with E-state index in [4.69, 9.17) is 9.47 Å². The Morgan fingerprint density at radius 1 is 1.09 bits per heavy atom. The zero-order valence-corrected chi connectivity index (χ0v) is 12.8. The Morgan fingerprint density at radius 3 is 2.64 bits per heavy atom. The number of hydrogen-bond acceptors (Lipinski definition) is 3. The highest BCUT2D eigenvalue weighted by Gasteiger charge is 2.48. The molecule has 0 radical (unpaired) electrons. The van der Waals surface area contributed by atoms with Crippen LogP contribution in [0.4, 0.5) is 0 Å². The third-order valence-corrected chi connectivity index (χ3v) is 4.91. The number of para-hydroxylation sites is 1. The molecule has 2 aromatic rings. The van der Waals surface area contributed by atoms with Crippen LogP contribution in [0.5, 0.6) is 11.5 Å². The van der Waals surface area contributed by atoms with Crippen molar-refractivity contribution in [3.63, 3.8) is 0 Å². The summed E-state index contributed by atoms with van der Waals surface area (Å²) in [5, 5.41) is 3.67. The molecular weight excluding hydrogens is 274 g/mol. The summed E-state index contributed by atoms with van der Waals surface area (Å²) in [6.07, 6.45) is 2.54. The molecule has 1 aliphatic heterocycles. The maximum atomic E-state index is 5.95. The number of ether oxygens (including phenoxy) is 2. The van der Waals surface area contributed by atoms with Gasteiger partial charge in [0.25, 0.3) is 0 Å². The Kier molecular flexibility index (Phi) is 3.30. The van der Waals surface area contributed by atoms with Gasteiger partial charge in [-0.25, -0.2) is 0 Å². The largest absolute Gasteiger partial charge is 0.497 e. The lowest BCUT2D eigenvalue weighted by Crippen LogP contribution is -2.40. The van der Waals surface area contributed by atoms with Crippen LogP contribution in [0.1, 0.15) is 30.0 Å². The second-order valence-corrected chi connectivity index (χ2v) is 6.29. The highest BCUT2D eigenvalue weighted by atomic mass is 16.5. The van der Waals surface area contributed by atoms with E-state index in [1.807, 2.05) is 30.3 Å². The summed E-state index contributed by atoms with van der Waals surface area (Å²) in [5.41, 5.74) is 3.15. The first-order valence-corrected chi connectivity index (χ1v) is 7.90. The molecule has 2 aliphatic rings. The van der Waals surface area contributed by atoms with Gasteiger partial charge < -0.3 is 14.8 Å². The van der Waals surface area contributed by atoms with E-state index in [1.165, 1.54) is 24.0 Å². The Hall–Kier alpha value is -2.00. The van der Waals surface area contributed by atoms with Gasteiger partial charge in [-0.3, -0.25) is 0 Å². The molecule has 3 heteroatoms. The molecule has 1 N–H and O–H groups in total. The summed E-state index contributed by atoms with van der Waals surface area (Å²) < 4.78 is 11.4. The van der Waals surface area contributed by atoms with Crippen molar-refractivity contribution < 1.29 is 9.47 Å². The summed E-state index contributed by atoms with van der Waals surface area (Å²) in [4.78, 5) is 0. The molecule has 1 heterocycles. The van der Waals surface area contributed by atoms with Crippen LogP contribution >= 0.6 is 0 Å². The van der Waals surface area contributed by atoms with Crippen molar-refractivity contribution in [3.05, 3.63) is 59.7 Å². The van der Waals surface area contributed by atoms with Gasteiger partial charge >= 0.3 is 0 Å².